The summed E-state index contributed by atoms with van der Waals surface area (Å²) in [5.74, 6) is 0. The lowest BCUT2D eigenvalue weighted by atomic mass is 10.2. The fourth-order valence-electron chi connectivity index (χ4n) is 1.66. The van der Waals surface area contributed by atoms with E-state index in [-0.39, 0.29) is 0 Å². The molecule has 0 radical (unpaired) electrons. The molecular weight excluding hydrogens is 268 g/mol. The lowest BCUT2D eigenvalue weighted by Gasteiger charge is -2.03. The van der Waals surface area contributed by atoms with Crippen LogP contribution in [0.4, 0.5) is 0 Å². The minimum Gasteiger partial charge on any atom is -0.298 e. The van der Waals surface area contributed by atoms with Crippen LogP contribution < -0.4 is 0 Å². The van der Waals surface area contributed by atoms with E-state index in [1.165, 1.54) is 0 Å². The number of benzene rings is 1. The molecule has 0 fully saturated rings. The summed E-state index contributed by atoms with van der Waals surface area (Å²) in [5.41, 5.74) is 3.25. The fourth-order valence-corrected chi connectivity index (χ4v) is 1.92. The first-order valence-corrected chi connectivity index (χ1v) is 5.70. The maximum Gasteiger partial charge on any atom is 0.153 e. The number of carbonyl (C=O) groups excluding carboxylic acids is 1. The van der Waals surface area contributed by atoms with Crippen LogP contribution in [0.2, 0.25) is 0 Å². The highest BCUT2D eigenvalue weighted by Crippen LogP contribution is 2.18. The fraction of sp³-hybridized carbons (Fsp3) is 0.167. The van der Waals surface area contributed by atoms with Gasteiger partial charge in [-0.25, -0.2) is 4.68 Å². The molecular formula is C12H11BrN2O. The van der Waals surface area contributed by atoms with Crippen LogP contribution in [0.5, 0.6) is 0 Å². The molecule has 2 aromatic rings. The van der Waals surface area contributed by atoms with Crippen molar-refractivity contribution in [1.29, 1.82) is 0 Å². The minimum absolute atomic E-state index is 0.669. The zero-order valence-corrected chi connectivity index (χ0v) is 10.7. The summed E-state index contributed by atoms with van der Waals surface area (Å²) >= 11 is 3.38. The van der Waals surface area contributed by atoms with Crippen molar-refractivity contribution in [3.63, 3.8) is 0 Å². The van der Waals surface area contributed by atoms with E-state index in [0.29, 0.717) is 5.56 Å². The molecule has 82 valence electrons. The van der Waals surface area contributed by atoms with Crippen molar-refractivity contribution in [2.24, 2.45) is 0 Å². The Bertz CT molecular complexity index is 529. The Labute approximate surface area is 102 Å². The van der Waals surface area contributed by atoms with Crippen LogP contribution in [-0.4, -0.2) is 16.1 Å². The van der Waals surface area contributed by atoms with Crippen molar-refractivity contribution in [2.45, 2.75) is 13.8 Å². The Kier molecular flexibility index (Phi) is 2.92. The normalized spacial score (nSPS) is 10.4. The zero-order valence-electron chi connectivity index (χ0n) is 9.07. The van der Waals surface area contributed by atoms with E-state index < -0.39 is 0 Å². The number of aromatic nitrogens is 2. The third kappa shape index (κ3) is 1.80. The minimum atomic E-state index is 0.669. The van der Waals surface area contributed by atoms with Crippen LogP contribution in [0.3, 0.4) is 0 Å². The van der Waals surface area contributed by atoms with Gasteiger partial charge in [-0.15, -0.1) is 0 Å². The smallest absolute Gasteiger partial charge is 0.153 e. The zero-order chi connectivity index (χ0) is 11.7. The van der Waals surface area contributed by atoms with Gasteiger partial charge < -0.3 is 0 Å². The van der Waals surface area contributed by atoms with Crippen LogP contribution in [0, 0.1) is 13.8 Å². The summed E-state index contributed by atoms with van der Waals surface area (Å²) in [6, 6.07) is 7.81. The van der Waals surface area contributed by atoms with E-state index in [4.69, 9.17) is 0 Å². The molecule has 0 bridgehead atoms. The van der Waals surface area contributed by atoms with Crippen molar-refractivity contribution >= 4 is 22.2 Å². The van der Waals surface area contributed by atoms with E-state index in [1.807, 2.05) is 38.1 Å². The lowest BCUT2D eigenvalue weighted by molar-refractivity contribution is 0.112. The second kappa shape index (κ2) is 4.22. The van der Waals surface area contributed by atoms with E-state index in [9.17, 15) is 4.79 Å². The van der Waals surface area contributed by atoms with Gasteiger partial charge in [-0.1, -0.05) is 15.9 Å². The van der Waals surface area contributed by atoms with Gasteiger partial charge in [0.1, 0.15) is 0 Å². The highest BCUT2D eigenvalue weighted by atomic mass is 79.9. The van der Waals surface area contributed by atoms with Gasteiger partial charge >= 0.3 is 0 Å². The third-order valence-electron chi connectivity index (χ3n) is 2.54. The van der Waals surface area contributed by atoms with Gasteiger partial charge in [0, 0.05) is 4.47 Å². The number of halogens is 1. The first-order chi connectivity index (χ1) is 7.63. The van der Waals surface area contributed by atoms with Crippen LogP contribution in [0.15, 0.2) is 28.7 Å². The van der Waals surface area contributed by atoms with Crippen LogP contribution >= 0.6 is 15.9 Å². The second-order valence-electron chi connectivity index (χ2n) is 3.59. The van der Waals surface area contributed by atoms with Crippen molar-refractivity contribution in [3.8, 4) is 5.69 Å². The number of hydrogen-bond donors (Lipinski definition) is 0. The number of rotatable bonds is 2. The average molecular weight is 279 g/mol. The SMILES string of the molecule is Cc1nn(-c2ccc(Br)cc2)c(C)c1C=O. The summed E-state index contributed by atoms with van der Waals surface area (Å²) < 4.78 is 2.80. The second-order valence-corrected chi connectivity index (χ2v) is 4.51. The highest BCUT2D eigenvalue weighted by molar-refractivity contribution is 9.10. The number of carbonyl (C=O) groups is 1. The Balaban J connectivity index is 2.56. The largest absolute Gasteiger partial charge is 0.298 e. The third-order valence-corrected chi connectivity index (χ3v) is 3.06. The van der Waals surface area contributed by atoms with Crippen molar-refractivity contribution in [2.75, 3.05) is 0 Å². The number of aryl methyl sites for hydroxylation is 1. The lowest BCUT2D eigenvalue weighted by Crippen LogP contribution is -1.99. The maximum absolute atomic E-state index is 10.9. The molecule has 1 aromatic heterocycles. The summed E-state index contributed by atoms with van der Waals surface area (Å²) in [5, 5.41) is 4.35. The molecule has 0 saturated heterocycles. The molecule has 1 heterocycles. The first-order valence-electron chi connectivity index (χ1n) is 4.91. The highest BCUT2D eigenvalue weighted by Gasteiger charge is 2.11. The Morgan fingerprint density at radius 2 is 1.88 bits per heavy atom. The Hall–Kier alpha value is -1.42. The van der Waals surface area contributed by atoms with E-state index in [2.05, 4.69) is 21.0 Å². The molecule has 0 saturated carbocycles. The molecule has 16 heavy (non-hydrogen) atoms. The van der Waals surface area contributed by atoms with Crippen LogP contribution in [0.1, 0.15) is 21.7 Å². The summed E-state index contributed by atoms with van der Waals surface area (Å²) in [4.78, 5) is 10.9. The average Bonchev–Trinajstić information content (AvgIpc) is 2.55. The van der Waals surface area contributed by atoms with Crippen molar-refractivity contribution < 1.29 is 4.79 Å². The van der Waals surface area contributed by atoms with E-state index >= 15 is 0 Å². The summed E-state index contributed by atoms with van der Waals surface area (Å²) in [6.07, 6.45) is 0.854. The molecule has 0 spiro atoms. The Morgan fingerprint density at radius 3 is 2.38 bits per heavy atom. The van der Waals surface area contributed by atoms with Gasteiger partial charge in [-0.3, -0.25) is 4.79 Å². The van der Waals surface area contributed by atoms with Gasteiger partial charge in [-0.05, 0) is 38.1 Å². The molecule has 1 aromatic carbocycles. The number of hydrogen-bond acceptors (Lipinski definition) is 2. The molecule has 0 aliphatic rings. The predicted molar refractivity (Wildman–Crippen MR) is 66.1 cm³/mol. The molecule has 3 nitrogen and oxygen atoms in total. The van der Waals surface area contributed by atoms with Gasteiger partial charge in [0.25, 0.3) is 0 Å². The summed E-state index contributed by atoms with van der Waals surface area (Å²) in [6.45, 7) is 3.73. The van der Waals surface area contributed by atoms with Gasteiger partial charge in [0.05, 0.1) is 22.6 Å². The predicted octanol–water partition coefficient (Wildman–Crippen LogP) is 3.06. The molecule has 4 heteroatoms. The van der Waals surface area contributed by atoms with Gasteiger partial charge in [0.2, 0.25) is 0 Å². The molecule has 0 unspecified atom stereocenters. The summed E-state index contributed by atoms with van der Waals surface area (Å²) in [7, 11) is 0. The number of aldehydes is 1. The molecule has 0 amide bonds. The Morgan fingerprint density at radius 1 is 1.25 bits per heavy atom. The van der Waals surface area contributed by atoms with Gasteiger partial charge in [-0.2, -0.15) is 5.10 Å². The topological polar surface area (TPSA) is 34.9 Å². The molecule has 2 rings (SSSR count). The molecule has 0 aliphatic carbocycles. The van der Waals surface area contributed by atoms with Crippen molar-refractivity contribution in [3.05, 3.63) is 45.7 Å². The quantitative estimate of drug-likeness (QED) is 0.792. The van der Waals surface area contributed by atoms with E-state index in [0.717, 1.165) is 27.8 Å². The maximum atomic E-state index is 10.9. The molecule has 0 N–H and O–H groups in total. The van der Waals surface area contributed by atoms with Gasteiger partial charge in [0.15, 0.2) is 6.29 Å². The molecule has 0 aliphatic heterocycles. The first kappa shape index (κ1) is 11.1. The monoisotopic (exact) mass is 278 g/mol. The van der Waals surface area contributed by atoms with Crippen LogP contribution in [0.25, 0.3) is 5.69 Å². The molecule has 0 atom stereocenters. The van der Waals surface area contributed by atoms with Crippen molar-refractivity contribution in [1.82, 2.24) is 9.78 Å². The number of nitrogens with zero attached hydrogens (tertiary/aromatic N) is 2. The van der Waals surface area contributed by atoms with Crippen LogP contribution in [-0.2, 0) is 0 Å². The van der Waals surface area contributed by atoms with E-state index in [1.54, 1.807) is 4.68 Å². The standard InChI is InChI=1S/C12H11BrN2O/c1-8-12(7-16)9(2)15(14-8)11-5-3-10(13)4-6-11/h3-7H,1-2H3.